The summed E-state index contributed by atoms with van der Waals surface area (Å²) in [5.41, 5.74) is 6.76. The Hall–Kier alpha value is -1.29. The standard InChI is InChI=1S/C13H22N4/c1-2-7-17-8-4-11(5-9-17)16-12-3-6-15-13(14)10-12/h3,6,10-11H,2,4-5,7-9H2,1H3,(H3,14,15,16). The lowest BCUT2D eigenvalue weighted by atomic mass is 10.0. The summed E-state index contributed by atoms with van der Waals surface area (Å²) in [6, 6.07) is 4.46. The second-order valence-electron chi connectivity index (χ2n) is 4.73. The zero-order valence-corrected chi connectivity index (χ0v) is 10.5. The maximum atomic E-state index is 5.67. The van der Waals surface area contributed by atoms with Crippen LogP contribution < -0.4 is 11.1 Å². The highest BCUT2D eigenvalue weighted by Gasteiger charge is 2.18. The van der Waals surface area contributed by atoms with E-state index in [1.54, 1.807) is 6.20 Å². The number of nitrogen functional groups attached to an aromatic ring is 1. The molecule has 0 spiro atoms. The van der Waals surface area contributed by atoms with Crippen molar-refractivity contribution in [3.8, 4) is 0 Å². The average molecular weight is 234 g/mol. The van der Waals surface area contributed by atoms with E-state index in [0.717, 1.165) is 5.69 Å². The van der Waals surface area contributed by atoms with Crippen LogP contribution in [0.25, 0.3) is 0 Å². The summed E-state index contributed by atoms with van der Waals surface area (Å²) in [4.78, 5) is 6.54. The summed E-state index contributed by atoms with van der Waals surface area (Å²) in [6.07, 6.45) is 5.42. The Kier molecular flexibility index (Phi) is 4.20. The van der Waals surface area contributed by atoms with Crippen LogP contribution in [0.15, 0.2) is 18.3 Å². The van der Waals surface area contributed by atoms with Crippen molar-refractivity contribution in [2.75, 3.05) is 30.7 Å². The summed E-state index contributed by atoms with van der Waals surface area (Å²) in [7, 11) is 0. The fourth-order valence-corrected chi connectivity index (χ4v) is 2.39. The molecule has 0 amide bonds. The maximum absolute atomic E-state index is 5.67. The third-order valence-corrected chi connectivity index (χ3v) is 3.28. The zero-order chi connectivity index (χ0) is 12.1. The van der Waals surface area contributed by atoms with Gasteiger partial charge in [0.15, 0.2) is 0 Å². The molecule has 1 aliphatic rings. The first kappa shape index (κ1) is 12.2. The van der Waals surface area contributed by atoms with Gasteiger partial charge in [-0.3, -0.25) is 0 Å². The molecule has 4 nitrogen and oxygen atoms in total. The highest BCUT2D eigenvalue weighted by atomic mass is 15.1. The molecule has 0 aliphatic carbocycles. The predicted molar refractivity (Wildman–Crippen MR) is 72.0 cm³/mol. The third kappa shape index (κ3) is 3.60. The van der Waals surface area contributed by atoms with Crippen molar-refractivity contribution in [1.82, 2.24) is 9.88 Å². The van der Waals surface area contributed by atoms with Crippen molar-refractivity contribution in [3.63, 3.8) is 0 Å². The fraction of sp³-hybridized carbons (Fsp3) is 0.615. The van der Waals surface area contributed by atoms with Crippen LogP contribution in [-0.4, -0.2) is 35.6 Å². The smallest absolute Gasteiger partial charge is 0.125 e. The Balaban J connectivity index is 1.82. The van der Waals surface area contributed by atoms with Crippen LogP contribution in [0.3, 0.4) is 0 Å². The van der Waals surface area contributed by atoms with Crippen molar-refractivity contribution in [2.45, 2.75) is 32.2 Å². The molecule has 1 aromatic rings. The minimum Gasteiger partial charge on any atom is -0.384 e. The lowest BCUT2D eigenvalue weighted by molar-refractivity contribution is 0.219. The summed E-state index contributed by atoms with van der Waals surface area (Å²) in [5.74, 6) is 0.582. The quantitative estimate of drug-likeness (QED) is 0.836. The number of nitrogens with one attached hydrogen (secondary N) is 1. The molecule has 1 aromatic heterocycles. The molecule has 1 aliphatic heterocycles. The van der Waals surface area contributed by atoms with Gasteiger partial charge in [0.2, 0.25) is 0 Å². The molecule has 0 bridgehead atoms. The van der Waals surface area contributed by atoms with Crippen LogP contribution in [0.2, 0.25) is 0 Å². The molecule has 2 rings (SSSR count). The molecule has 0 unspecified atom stereocenters. The van der Waals surface area contributed by atoms with Gasteiger partial charge >= 0.3 is 0 Å². The van der Waals surface area contributed by atoms with E-state index in [2.05, 4.69) is 22.1 Å². The number of nitrogens with two attached hydrogens (primary N) is 1. The number of pyridine rings is 1. The number of piperidine rings is 1. The van der Waals surface area contributed by atoms with Crippen LogP contribution in [0, 0.1) is 0 Å². The molecule has 0 radical (unpaired) electrons. The first-order valence-corrected chi connectivity index (χ1v) is 6.48. The molecule has 94 valence electrons. The minimum absolute atomic E-state index is 0.574. The van der Waals surface area contributed by atoms with Gasteiger partial charge in [-0.05, 0) is 31.9 Å². The normalized spacial score (nSPS) is 18.2. The van der Waals surface area contributed by atoms with Crippen LogP contribution in [0.5, 0.6) is 0 Å². The number of likely N-dealkylation sites (tertiary alicyclic amines) is 1. The van der Waals surface area contributed by atoms with E-state index in [-0.39, 0.29) is 0 Å². The van der Waals surface area contributed by atoms with Crippen LogP contribution in [-0.2, 0) is 0 Å². The monoisotopic (exact) mass is 234 g/mol. The van der Waals surface area contributed by atoms with E-state index in [9.17, 15) is 0 Å². The van der Waals surface area contributed by atoms with Gasteiger partial charge in [-0.2, -0.15) is 0 Å². The molecule has 1 saturated heterocycles. The van der Waals surface area contributed by atoms with E-state index in [0.29, 0.717) is 11.9 Å². The molecular formula is C13H22N4. The number of hydrogen-bond acceptors (Lipinski definition) is 4. The Morgan fingerprint density at radius 2 is 2.24 bits per heavy atom. The second-order valence-corrected chi connectivity index (χ2v) is 4.73. The summed E-state index contributed by atoms with van der Waals surface area (Å²) in [5, 5.41) is 3.54. The molecule has 0 saturated carbocycles. The topological polar surface area (TPSA) is 54.2 Å². The highest BCUT2D eigenvalue weighted by Crippen LogP contribution is 2.17. The lowest BCUT2D eigenvalue weighted by Crippen LogP contribution is -2.39. The Morgan fingerprint density at radius 1 is 1.47 bits per heavy atom. The van der Waals surface area contributed by atoms with Gasteiger partial charge in [0, 0.05) is 37.1 Å². The van der Waals surface area contributed by atoms with Gasteiger partial charge in [0.1, 0.15) is 5.82 Å². The average Bonchev–Trinajstić information content (AvgIpc) is 2.32. The second kappa shape index (κ2) is 5.87. The van der Waals surface area contributed by atoms with Crippen LogP contribution in [0.1, 0.15) is 26.2 Å². The van der Waals surface area contributed by atoms with E-state index in [1.807, 2.05) is 12.1 Å². The molecule has 1 fully saturated rings. The van der Waals surface area contributed by atoms with Gasteiger partial charge in [-0.25, -0.2) is 4.98 Å². The first-order chi connectivity index (χ1) is 8.28. The molecule has 0 atom stereocenters. The Morgan fingerprint density at radius 3 is 2.88 bits per heavy atom. The van der Waals surface area contributed by atoms with Gasteiger partial charge in [0.05, 0.1) is 0 Å². The Labute approximate surface area is 103 Å². The minimum atomic E-state index is 0.574. The number of nitrogens with zero attached hydrogens (tertiary/aromatic N) is 2. The van der Waals surface area contributed by atoms with Gasteiger partial charge in [-0.1, -0.05) is 6.92 Å². The van der Waals surface area contributed by atoms with Crippen molar-refractivity contribution >= 4 is 11.5 Å². The fourth-order valence-electron chi connectivity index (χ4n) is 2.39. The third-order valence-electron chi connectivity index (χ3n) is 3.28. The SMILES string of the molecule is CCCN1CCC(Nc2ccnc(N)c2)CC1. The molecule has 17 heavy (non-hydrogen) atoms. The van der Waals surface area contributed by atoms with Crippen molar-refractivity contribution in [2.24, 2.45) is 0 Å². The van der Waals surface area contributed by atoms with E-state index < -0.39 is 0 Å². The van der Waals surface area contributed by atoms with Gasteiger partial charge in [0.25, 0.3) is 0 Å². The maximum Gasteiger partial charge on any atom is 0.125 e. The van der Waals surface area contributed by atoms with Crippen LogP contribution >= 0.6 is 0 Å². The molecule has 0 aromatic carbocycles. The van der Waals surface area contributed by atoms with Crippen LogP contribution in [0.4, 0.5) is 11.5 Å². The summed E-state index contributed by atoms with van der Waals surface area (Å²) in [6.45, 7) is 5.87. The van der Waals surface area contributed by atoms with Crippen molar-refractivity contribution < 1.29 is 0 Å². The molecular weight excluding hydrogens is 212 g/mol. The van der Waals surface area contributed by atoms with E-state index in [1.165, 1.54) is 38.9 Å². The summed E-state index contributed by atoms with van der Waals surface area (Å²) >= 11 is 0. The lowest BCUT2D eigenvalue weighted by Gasteiger charge is -2.32. The predicted octanol–water partition coefficient (Wildman–Crippen LogP) is 1.95. The summed E-state index contributed by atoms with van der Waals surface area (Å²) < 4.78 is 0. The number of anilines is 2. The van der Waals surface area contributed by atoms with E-state index >= 15 is 0 Å². The zero-order valence-electron chi connectivity index (χ0n) is 10.5. The highest BCUT2D eigenvalue weighted by molar-refractivity contribution is 5.50. The molecule has 2 heterocycles. The Bertz CT molecular complexity index is 345. The van der Waals surface area contributed by atoms with Crippen molar-refractivity contribution in [3.05, 3.63) is 18.3 Å². The molecule has 4 heteroatoms. The first-order valence-electron chi connectivity index (χ1n) is 6.48. The van der Waals surface area contributed by atoms with E-state index in [4.69, 9.17) is 5.73 Å². The van der Waals surface area contributed by atoms with Gasteiger partial charge in [-0.15, -0.1) is 0 Å². The van der Waals surface area contributed by atoms with Crippen molar-refractivity contribution in [1.29, 1.82) is 0 Å². The number of rotatable bonds is 4. The largest absolute Gasteiger partial charge is 0.384 e. The number of aromatic nitrogens is 1. The van der Waals surface area contributed by atoms with Gasteiger partial charge < -0.3 is 16.0 Å². The number of hydrogen-bond donors (Lipinski definition) is 2. The molecule has 3 N–H and O–H groups in total.